The lowest BCUT2D eigenvalue weighted by atomic mass is 10.1. The van der Waals surface area contributed by atoms with Crippen molar-refractivity contribution in [3.05, 3.63) is 65.8 Å². The Morgan fingerprint density at radius 2 is 2.09 bits per heavy atom. The molecule has 1 unspecified atom stereocenters. The van der Waals surface area contributed by atoms with Crippen molar-refractivity contribution in [2.75, 3.05) is 19.8 Å². The third-order valence-corrected chi connectivity index (χ3v) is 5.51. The Kier molecular flexibility index (Phi) is 7.67. The fraction of sp³-hybridized carbons (Fsp3) is 0.400. The van der Waals surface area contributed by atoms with E-state index in [0.717, 1.165) is 29.7 Å². The highest BCUT2D eigenvalue weighted by atomic mass is 19.1. The molecule has 2 heterocycles. The highest BCUT2D eigenvalue weighted by molar-refractivity contribution is 5.76. The third kappa shape index (κ3) is 6.38. The van der Waals surface area contributed by atoms with E-state index in [9.17, 15) is 9.18 Å². The van der Waals surface area contributed by atoms with Gasteiger partial charge < -0.3 is 18.9 Å². The maximum absolute atomic E-state index is 13.6. The molecule has 0 bridgehead atoms. The number of hydrogen-bond donors (Lipinski definition) is 0. The largest absolute Gasteiger partial charge is 0.494 e. The Morgan fingerprint density at radius 3 is 2.82 bits per heavy atom. The summed E-state index contributed by atoms with van der Waals surface area (Å²) in [6, 6.07) is 13.8. The minimum atomic E-state index is -0.315. The number of aryl methyl sites for hydroxylation is 1. The van der Waals surface area contributed by atoms with Crippen LogP contribution >= 0.6 is 0 Å². The van der Waals surface area contributed by atoms with Crippen molar-refractivity contribution in [1.82, 2.24) is 15.0 Å². The lowest BCUT2D eigenvalue weighted by Gasteiger charge is -2.25. The van der Waals surface area contributed by atoms with E-state index >= 15 is 0 Å². The Balaban J connectivity index is 1.38. The molecule has 8 heteroatoms. The SMILES string of the molecule is CCOc1ccc(-c2noc(CCC(=O)N(Cc3cccc(F)c3)CC3CCCO3)n2)cc1. The number of hydrogen-bond acceptors (Lipinski definition) is 6. The first-order valence-corrected chi connectivity index (χ1v) is 11.3. The number of ether oxygens (including phenoxy) is 2. The summed E-state index contributed by atoms with van der Waals surface area (Å²) in [5, 5.41) is 4.03. The number of carbonyl (C=O) groups excluding carboxylic acids is 1. The lowest BCUT2D eigenvalue weighted by molar-refractivity contribution is -0.133. The molecule has 0 N–H and O–H groups in total. The summed E-state index contributed by atoms with van der Waals surface area (Å²) < 4.78 is 30.2. The zero-order chi connectivity index (χ0) is 23.0. The van der Waals surface area contributed by atoms with Crippen molar-refractivity contribution in [2.45, 2.75) is 45.3 Å². The first-order valence-electron chi connectivity index (χ1n) is 11.3. The Bertz CT molecular complexity index is 1050. The summed E-state index contributed by atoms with van der Waals surface area (Å²) in [7, 11) is 0. The topological polar surface area (TPSA) is 77.7 Å². The van der Waals surface area contributed by atoms with E-state index in [4.69, 9.17) is 14.0 Å². The second-order valence-corrected chi connectivity index (χ2v) is 8.01. The second-order valence-electron chi connectivity index (χ2n) is 8.01. The number of amides is 1. The van der Waals surface area contributed by atoms with Crippen molar-refractivity contribution in [2.24, 2.45) is 0 Å². The number of rotatable bonds is 10. The molecule has 1 fully saturated rings. The molecule has 7 nitrogen and oxygen atoms in total. The Labute approximate surface area is 192 Å². The summed E-state index contributed by atoms with van der Waals surface area (Å²) in [6.07, 6.45) is 2.46. The number of benzene rings is 2. The van der Waals surface area contributed by atoms with Crippen LogP contribution in [0.1, 0.15) is 37.6 Å². The molecule has 1 aliphatic rings. The maximum Gasteiger partial charge on any atom is 0.227 e. The van der Waals surface area contributed by atoms with Gasteiger partial charge in [0.25, 0.3) is 0 Å². The van der Waals surface area contributed by atoms with Gasteiger partial charge in [-0.05, 0) is 61.7 Å². The van der Waals surface area contributed by atoms with Gasteiger partial charge in [0.15, 0.2) is 0 Å². The average Bonchev–Trinajstić information content (AvgIpc) is 3.50. The number of aromatic nitrogens is 2. The van der Waals surface area contributed by atoms with Crippen LogP contribution in [0.4, 0.5) is 4.39 Å². The van der Waals surface area contributed by atoms with Gasteiger partial charge in [0.05, 0.1) is 12.7 Å². The zero-order valence-corrected chi connectivity index (χ0v) is 18.7. The monoisotopic (exact) mass is 453 g/mol. The van der Waals surface area contributed by atoms with Crippen LogP contribution in [0.3, 0.4) is 0 Å². The number of carbonyl (C=O) groups is 1. The van der Waals surface area contributed by atoms with Crippen LogP contribution in [0, 0.1) is 5.82 Å². The summed E-state index contributed by atoms with van der Waals surface area (Å²) in [6.45, 7) is 4.06. The highest BCUT2D eigenvalue weighted by Gasteiger charge is 2.23. The predicted molar refractivity (Wildman–Crippen MR) is 120 cm³/mol. The maximum atomic E-state index is 13.6. The first kappa shape index (κ1) is 22.9. The second kappa shape index (κ2) is 11.0. The number of nitrogens with zero attached hydrogens (tertiary/aromatic N) is 3. The predicted octanol–water partition coefficient (Wildman–Crippen LogP) is 4.41. The van der Waals surface area contributed by atoms with E-state index in [1.807, 2.05) is 37.3 Å². The van der Waals surface area contributed by atoms with Gasteiger partial charge in [-0.3, -0.25) is 4.79 Å². The van der Waals surface area contributed by atoms with E-state index in [-0.39, 0.29) is 24.2 Å². The van der Waals surface area contributed by atoms with Crippen molar-refractivity contribution < 1.29 is 23.2 Å². The van der Waals surface area contributed by atoms with E-state index in [0.29, 0.717) is 44.4 Å². The van der Waals surface area contributed by atoms with Crippen LogP contribution in [0.25, 0.3) is 11.4 Å². The molecular weight excluding hydrogens is 425 g/mol. The Morgan fingerprint density at radius 1 is 1.24 bits per heavy atom. The molecule has 1 amide bonds. The average molecular weight is 454 g/mol. The summed E-state index contributed by atoms with van der Waals surface area (Å²) in [4.78, 5) is 19.2. The van der Waals surface area contributed by atoms with E-state index in [1.165, 1.54) is 12.1 Å². The van der Waals surface area contributed by atoms with Crippen LogP contribution < -0.4 is 4.74 Å². The minimum Gasteiger partial charge on any atom is -0.494 e. The molecule has 4 rings (SSSR count). The van der Waals surface area contributed by atoms with Crippen LogP contribution in [0.15, 0.2) is 53.1 Å². The molecule has 33 heavy (non-hydrogen) atoms. The van der Waals surface area contributed by atoms with Crippen molar-refractivity contribution in [3.8, 4) is 17.1 Å². The van der Waals surface area contributed by atoms with Gasteiger partial charge in [0.2, 0.25) is 17.6 Å². The van der Waals surface area contributed by atoms with Crippen molar-refractivity contribution in [3.63, 3.8) is 0 Å². The molecule has 0 radical (unpaired) electrons. The zero-order valence-electron chi connectivity index (χ0n) is 18.7. The van der Waals surface area contributed by atoms with E-state index in [2.05, 4.69) is 10.1 Å². The van der Waals surface area contributed by atoms with E-state index in [1.54, 1.807) is 11.0 Å². The van der Waals surface area contributed by atoms with Gasteiger partial charge in [-0.15, -0.1) is 0 Å². The molecule has 1 saturated heterocycles. The quantitative estimate of drug-likeness (QED) is 0.452. The molecule has 1 aromatic heterocycles. The van der Waals surface area contributed by atoms with Gasteiger partial charge in [0, 0.05) is 38.1 Å². The van der Waals surface area contributed by atoms with E-state index < -0.39 is 0 Å². The molecule has 3 aromatic rings. The van der Waals surface area contributed by atoms with Gasteiger partial charge in [0.1, 0.15) is 11.6 Å². The standard InChI is InChI=1S/C25H28FN3O4/c1-2-31-21-10-8-19(9-11-21)25-27-23(33-28-25)12-13-24(30)29(17-22-7-4-14-32-22)16-18-5-3-6-20(26)15-18/h3,5-6,8-11,15,22H,2,4,7,12-14,16-17H2,1H3. The third-order valence-electron chi connectivity index (χ3n) is 5.51. The van der Waals surface area contributed by atoms with Gasteiger partial charge >= 0.3 is 0 Å². The fourth-order valence-corrected chi connectivity index (χ4v) is 3.86. The first-order chi connectivity index (χ1) is 16.1. The molecule has 2 aromatic carbocycles. The molecular formula is C25H28FN3O4. The minimum absolute atomic E-state index is 0.0113. The number of halogens is 1. The van der Waals surface area contributed by atoms with Gasteiger partial charge in [-0.25, -0.2) is 4.39 Å². The molecule has 0 aliphatic carbocycles. The van der Waals surface area contributed by atoms with Crippen LogP contribution in [-0.2, 0) is 22.5 Å². The molecule has 0 spiro atoms. The highest BCUT2D eigenvalue weighted by Crippen LogP contribution is 2.21. The van der Waals surface area contributed by atoms with Crippen LogP contribution in [0.5, 0.6) is 5.75 Å². The summed E-state index contributed by atoms with van der Waals surface area (Å²) in [5.41, 5.74) is 1.56. The fourth-order valence-electron chi connectivity index (χ4n) is 3.86. The normalized spacial score (nSPS) is 15.5. The molecule has 1 atom stereocenters. The van der Waals surface area contributed by atoms with Crippen molar-refractivity contribution in [1.29, 1.82) is 0 Å². The summed E-state index contributed by atoms with van der Waals surface area (Å²) >= 11 is 0. The van der Waals surface area contributed by atoms with Crippen LogP contribution in [-0.4, -0.2) is 46.8 Å². The smallest absolute Gasteiger partial charge is 0.227 e. The van der Waals surface area contributed by atoms with Gasteiger partial charge in [-0.2, -0.15) is 4.98 Å². The summed E-state index contributed by atoms with van der Waals surface area (Å²) in [5.74, 6) is 1.27. The molecule has 174 valence electrons. The van der Waals surface area contributed by atoms with Crippen LogP contribution in [0.2, 0.25) is 0 Å². The lowest BCUT2D eigenvalue weighted by Crippen LogP contribution is -2.37. The Hall–Kier alpha value is -3.26. The molecule has 0 saturated carbocycles. The van der Waals surface area contributed by atoms with Crippen molar-refractivity contribution >= 4 is 5.91 Å². The van der Waals surface area contributed by atoms with Gasteiger partial charge in [-0.1, -0.05) is 17.3 Å². The molecule has 1 aliphatic heterocycles.